The lowest BCUT2D eigenvalue weighted by atomic mass is 9.89. The van der Waals surface area contributed by atoms with Crippen LogP contribution in [-0.4, -0.2) is 15.7 Å². The molecule has 1 saturated carbocycles. The Morgan fingerprint density at radius 2 is 2.18 bits per heavy atom. The number of rotatable bonds is 3. The summed E-state index contributed by atoms with van der Waals surface area (Å²) in [7, 11) is 0. The second-order valence-electron chi connectivity index (χ2n) is 4.81. The van der Waals surface area contributed by atoms with Crippen molar-refractivity contribution in [3.63, 3.8) is 0 Å². The number of carbonyl (C=O) groups excluding carboxylic acids is 1. The van der Waals surface area contributed by atoms with E-state index in [1.165, 1.54) is 19.3 Å². The van der Waals surface area contributed by atoms with E-state index in [4.69, 9.17) is 0 Å². The van der Waals surface area contributed by atoms with Crippen LogP contribution in [0.15, 0.2) is 6.07 Å². The van der Waals surface area contributed by atoms with E-state index in [0.29, 0.717) is 0 Å². The maximum atomic E-state index is 12.1. The van der Waals surface area contributed by atoms with Crippen molar-refractivity contribution < 1.29 is 4.79 Å². The van der Waals surface area contributed by atoms with Crippen LogP contribution >= 0.6 is 0 Å². The van der Waals surface area contributed by atoms with Gasteiger partial charge in [-0.2, -0.15) is 5.10 Å². The van der Waals surface area contributed by atoms with Crippen molar-refractivity contribution in [3.8, 4) is 0 Å². The molecule has 0 atom stereocenters. The van der Waals surface area contributed by atoms with E-state index in [-0.39, 0.29) is 11.8 Å². The van der Waals surface area contributed by atoms with Crippen molar-refractivity contribution in [1.82, 2.24) is 9.78 Å². The molecule has 1 amide bonds. The number of nitrogens with zero attached hydrogens (tertiary/aromatic N) is 2. The fourth-order valence-corrected chi connectivity index (χ4v) is 2.48. The molecule has 0 spiro atoms. The summed E-state index contributed by atoms with van der Waals surface area (Å²) < 4.78 is 1.84. The number of nitrogens with one attached hydrogen (secondary N) is 1. The first-order valence-electron chi connectivity index (χ1n) is 6.56. The van der Waals surface area contributed by atoms with Crippen LogP contribution < -0.4 is 5.32 Å². The first-order chi connectivity index (χ1) is 8.20. The Hall–Kier alpha value is -1.32. The Labute approximate surface area is 102 Å². The number of aryl methyl sites for hydroxylation is 2. The van der Waals surface area contributed by atoms with E-state index in [1.54, 1.807) is 0 Å². The third-order valence-corrected chi connectivity index (χ3v) is 3.43. The van der Waals surface area contributed by atoms with Crippen molar-refractivity contribution >= 4 is 11.7 Å². The van der Waals surface area contributed by atoms with E-state index in [2.05, 4.69) is 10.4 Å². The zero-order chi connectivity index (χ0) is 12.3. The van der Waals surface area contributed by atoms with Crippen LogP contribution in [0, 0.1) is 12.8 Å². The van der Waals surface area contributed by atoms with E-state index >= 15 is 0 Å². The Morgan fingerprint density at radius 1 is 1.47 bits per heavy atom. The summed E-state index contributed by atoms with van der Waals surface area (Å²) in [6.07, 6.45) is 5.71. The summed E-state index contributed by atoms with van der Waals surface area (Å²) in [4.78, 5) is 12.1. The predicted molar refractivity (Wildman–Crippen MR) is 67.8 cm³/mol. The lowest BCUT2D eigenvalue weighted by molar-refractivity contribution is -0.120. The van der Waals surface area contributed by atoms with Gasteiger partial charge in [0.25, 0.3) is 0 Å². The van der Waals surface area contributed by atoms with Crippen molar-refractivity contribution in [1.29, 1.82) is 0 Å². The summed E-state index contributed by atoms with van der Waals surface area (Å²) in [5, 5.41) is 7.34. The van der Waals surface area contributed by atoms with Gasteiger partial charge in [0.05, 0.1) is 5.69 Å². The van der Waals surface area contributed by atoms with Crippen LogP contribution in [0.25, 0.3) is 0 Å². The summed E-state index contributed by atoms with van der Waals surface area (Å²) in [5.41, 5.74) is 0.950. The smallest absolute Gasteiger partial charge is 0.228 e. The first-order valence-corrected chi connectivity index (χ1v) is 6.56. The van der Waals surface area contributed by atoms with Gasteiger partial charge in [-0.05, 0) is 26.7 Å². The van der Waals surface area contributed by atoms with E-state index in [0.717, 1.165) is 30.9 Å². The molecule has 1 aliphatic carbocycles. The molecule has 1 heterocycles. The molecule has 0 unspecified atom stereocenters. The molecule has 4 nitrogen and oxygen atoms in total. The summed E-state index contributed by atoms with van der Waals surface area (Å²) >= 11 is 0. The highest BCUT2D eigenvalue weighted by atomic mass is 16.2. The van der Waals surface area contributed by atoms with Gasteiger partial charge in [-0.3, -0.25) is 4.79 Å². The van der Waals surface area contributed by atoms with Gasteiger partial charge in [0, 0.05) is 18.5 Å². The predicted octanol–water partition coefficient (Wildman–Crippen LogP) is 2.73. The van der Waals surface area contributed by atoms with Crippen LogP contribution in [-0.2, 0) is 11.3 Å². The largest absolute Gasteiger partial charge is 0.311 e. The third kappa shape index (κ3) is 2.87. The standard InChI is InChI=1S/C13H21N3O/c1-3-16-12(9-10(2)15-16)14-13(17)11-7-5-4-6-8-11/h9,11H,3-8H2,1-2H3,(H,14,17). The fraction of sp³-hybridized carbons (Fsp3) is 0.692. The zero-order valence-electron chi connectivity index (χ0n) is 10.7. The Bertz CT molecular complexity index is 391. The van der Waals surface area contributed by atoms with Gasteiger partial charge in [-0.1, -0.05) is 19.3 Å². The molecule has 1 aliphatic rings. The molecular weight excluding hydrogens is 214 g/mol. The van der Waals surface area contributed by atoms with Gasteiger partial charge in [0.2, 0.25) is 5.91 Å². The van der Waals surface area contributed by atoms with E-state index < -0.39 is 0 Å². The van der Waals surface area contributed by atoms with Crippen molar-refractivity contribution in [2.75, 3.05) is 5.32 Å². The summed E-state index contributed by atoms with van der Waals surface area (Å²) in [6.45, 7) is 4.76. The van der Waals surface area contributed by atoms with Gasteiger partial charge in [0.1, 0.15) is 5.82 Å². The molecule has 0 aliphatic heterocycles. The van der Waals surface area contributed by atoms with Crippen molar-refractivity contribution in [2.45, 2.75) is 52.5 Å². The Balaban J connectivity index is 2.01. The number of aromatic nitrogens is 2. The van der Waals surface area contributed by atoms with Crippen LogP contribution in [0.4, 0.5) is 5.82 Å². The number of anilines is 1. The topological polar surface area (TPSA) is 46.9 Å². The highest BCUT2D eigenvalue weighted by molar-refractivity contribution is 5.91. The SMILES string of the molecule is CCn1nc(C)cc1NC(=O)C1CCCCC1. The molecule has 0 radical (unpaired) electrons. The molecule has 4 heteroatoms. The minimum Gasteiger partial charge on any atom is -0.311 e. The van der Waals surface area contributed by atoms with Gasteiger partial charge in [-0.25, -0.2) is 4.68 Å². The molecule has 94 valence electrons. The molecule has 0 bridgehead atoms. The molecule has 1 fully saturated rings. The fourth-order valence-electron chi connectivity index (χ4n) is 2.48. The van der Waals surface area contributed by atoms with Crippen molar-refractivity contribution in [3.05, 3.63) is 11.8 Å². The lowest BCUT2D eigenvalue weighted by Gasteiger charge is -2.20. The number of amides is 1. The third-order valence-electron chi connectivity index (χ3n) is 3.43. The number of hydrogen-bond donors (Lipinski definition) is 1. The summed E-state index contributed by atoms with van der Waals surface area (Å²) in [5.74, 6) is 1.20. The van der Waals surface area contributed by atoms with E-state index in [9.17, 15) is 4.79 Å². The summed E-state index contributed by atoms with van der Waals surface area (Å²) in [6, 6.07) is 1.93. The molecule has 2 rings (SSSR count). The van der Waals surface area contributed by atoms with Crippen LogP contribution in [0.3, 0.4) is 0 Å². The minimum absolute atomic E-state index is 0.166. The first kappa shape index (κ1) is 12.1. The average molecular weight is 235 g/mol. The molecule has 0 aromatic carbocycles. The normalized spacial score (nSPS) is 17.1. The van der Waals surface area contributed by atoms with Gasteiger partial charge >= 0.3 is 0 Å². The molecule has 1 aromatic rings. The van der Waals surface area contributed by atoms with Crippen LogP contribution in [0.1, 0.15) is 44.7 Å². The minimum atomic E-state index is 0.166. The second-order valence-corrected chi connectivity index (χ2v) is 4.81. The molecule has 0 saturated heterocycles. The van der Waals surface area contributed by atoms with E-state index in [1.807, 2.05) is 24.6 Å². The number of hydrogen-bond acceptors (Lipinski definition) is 2. The maximum Gasteiger partial charge on any atom is 0.228 e. The van der Waals surface area contributed by atoms with Crippen LogP contribution in [0.2, 0.25) is 0 Å². The highest BCUT2D eigenvalue weighted by Crippen LogP contribution is 2.25. The average Bonchev–Trinajstić information content (AvgIpc) is 2.70. The van der Waals surface area contributed by atoms with Gasteiger partial charge in [-0.15, -0.1) is 0 Å². The van der Waals surface area contributed by atoms with Gasteiger partial charge in [0.15, 0.2) is 0 Å². The Kier molecular flexibility index (Phi) is 3.82. The van der Waals surface area contributed by atoms with Crippen LogP contribution in [0.5, 0.6) is 0 Å². The molecular formula is C13H21N3O. The Morgan fingerprint density at radius 3 is 2.82 bits per heavy atom. The molecule has 17 heavy (non-hydrogen) atoms. The second kappa shape index (κ2) is 5.34. The number of carbonyl (C=O) groups is 1. The maximum absolute atomic E-state index is 12.1. The zero-order valence-corrected chi connectivity index (χ0v) is 10.7. The molecule has 1 N–H and O–H groups in total. The van der Waals surface area contributed by atoms with Crippen molar-refractivity contribution in [2.24, 2.45) is 5.92 Å². The highest BCUT2D eigenvalue weighted by Gasteiger charge is 2.21. The quantitative estimate of drug-likeness (QED) is 0.875. The van der Waals surface area contributed by atoms with Gasteiger partial charge < -0.3 is 5.32 Å². The monoisotopic (exact) mass is 235 g/mol. The lowest BCUT2D eigenvalue weighted by Crippen LogP contribution is -2.25. The molecule has 1 aromatic heterocycles.